The Bertz CT molecular complexity index is 587. The first-order chi connectivity index (χ1) is 11.1. The van der Waals surface area contributed by atoms with Crippen molar-refractivity contribution in [2.75, 3.05) is 27.2 Å². The van der Waals surface area contributed by atoms with Crippen LogP contribution in [0.5, 0.6) is 0 Å². The number of aromatic nitrogens is 1. The van der Waals surface area contributed by atoms with Crippen LogP contribution in [0.4, 0.5) is 0 Å². The number of nitrogens with zero attached hydrogens (tertiary/aromatic N) is 3. The van der Waals surface area contributed by atoms with E-state index >= 15 is 0 Å². The van der Waals surface area contributed by atoms with Crippen LogP contribution in [-0.2, 0) is 0 Å². The first kappa shape index (κ1) is 15.9. The Kier molecular flexibility index (Phi) is 4.61. The van der Waals surface area contributed by atoms with Gasteiger partial charge in [-0.15, -0.1) is 0 Å². The lowest BCUT2D eigenvalue weighted by atomic mass is 10.0. The maximum atomic E-state index is 12.8. The summed E-state index contributed by atoms with van der Waals surface area (Å²) in [4.78, 5) is 32.9. The number of rotatable bonds is 3. The lowest BCUT2D eigenvalue weighted by molar-refractivity contribution is 0.0663. The number of nitrogens with one attached hydrogen (secondary N) is 1. The molecule has 2 saturated heterocycles. The Labute approximate surface area is 136 Å². The highest BCUT2D eigenvalue weighted by Gasteiger charge is 2.38. The monoisotopic (exact) mass is 316 g/mol. The molecule has 2 aliphatic rings. The van der Waals surface area contributed by atoms with Crippen molar-refractivity contribution in [3.8, 4) is 0 Å². The molecule has 0 saturated carbocycles. The van der Waals surface area contributed by atoms with E-state index in [2.05, 4.69) is 22.2 Å². The molecular weight excluding hydrogens is 292 g/mol. The SMILES string of the molecule is CNC(=O)c1ccc(C(=O)N2CCC[C@@H]2[C@@H]2CCCN2C)cn1. The minimum absolute atomic E-state index is 0.0313. The fraction of sp³-hybridized carbons (Fsp3) is 0.588. The molecule has 0 spiro atoms. The molecule has 0 aromatic carbocycles. The predicted octanol–water partition coefficient (Wildman–Crippen LogP) is 1.14. The Morgan fingerprint density at radius 2 is 1.91 bits per heavy atom. The van der Waals surface area contributed by atoms with Crippen molar-refractivity contribution >= 4 is 11.8 Å². The van der Waals surface area contributed by atoms with Crippen LogP contribution in [0.2, 0.25) is 0 Å². The molecule has 0 unspecified atom stereocenters. The number of likely N-dealkylation sites (tertiary alicyclic amines) is 2. The largest absolute Gasteiger partial charge is 0.354 e. The van der Waals surface area contributed by atoms with Gasteiger partial charge in [0.05, 0.1) is 5.56 Å². The Hall–Kier alpha value is -1.95. The number of amides is 2. The molecule has 2 aliphatic heterocycles. The van der Waals surface area contributed by atoms with Gasteiger partial charge in [0.25, 0.3) is 11.8 Å². The summed E-state index contributed by atoms with van der Waals surface area (Å²) in [6, 6.07) is 4.08. The lowest BCUT2D eigenvalue weighted by Gasteiger charge is -2.33. The molecular formula is C17H24N4O2. The van der Waals surface area contributed by atoms with Gasteiger partial charge in [0.1, 0.15) is 5.69 Å². The second kappa shape index (κ2) is 6.66. The van der Waals surface area contributed by atoms with E-state index in [0.717, 1.165) is 25.9 Å². The average molecular weight is 316 g/mol. The fourth-order valence-corrected chi connectivity index (χ4v) is 3.82. The van der Waals surface area contributed by atoms with Gasteiger partial charge in [-0.25, -0.2) is 0 Å². The maximum absolute atomic E-state index is 12.8. The quantitative estimate of drug-likeness (QED) is 0.908. The third kappa shape index (κ3) is 3.08. The molecule has 3 heterocycles. The van der Waals surface area contributed by atoms with Crippen molar-refractivity contribution in [2.45, 2.75) is 37.8 Å². The van der Waals surface area contributed by atoms with Gasteiger partial charge in [0, 0.05) is 31.9 Å². The van der Waals surface area contributed by atoms with Crippen LogP contribution in [0.25, 0.3) is 0 Å². The van der Waals surface area contributed by atoms with Crippen LogP contribution in [0.15, 0.2) is 18.3 Å². The fourth-order valence-electron chi connectivity index (χ4n) is 3.82. The highest BCUT2D eigenvalue weighted by atomic mass is 16.2. The second-order valence-corrected chi connectivity index (χ2v) is 6.41. The number of likely N-dealkylation sites (N-methyl/N-ethyl adjacent to an activating group) is 1. The highest BCUT2D eigenvalue weighted by Crippen LogP contribution is 2.30. The molecule has 2 atom stereocenters. The number of carbonyl (C=O) groups is 2. The first-order valence-electron chi connectivity index (χ1n) is 8.31. The van der Waals surface area contributed by atoms with Gasteiger partial charge in [-0.1, -0.05) is 0 Å². The van der Waals surface area contributed by atoms with E-state index in [0.29, 0.717) is 23.3 Å². The minimum Gasteiger partial charge on any atom is -0.354 e. The summed E-state index contributed by atoms with van der Waals surface area (Å²) in [5.74, 6) is -0.209. The molecule has 1 aromatic heterocycles. The predicted molar refractivity (Wildman–Crippen MR) is 87.3 cm³/mol. The molecule has 23 heavy (non-hydrogen) atoms. The molecule has 0 radical (unpaired) electrons. The van der Waals surface area contributed by atoms with Crippen molar-refractivity contribution in [3.05, 3.63) is 29.6 Å². The molecule has 2 fully saturated rings. The summed E-state index contributed by atoms with van der Waals surface area (Å²) in [5, 5.41) is 2.53. The smallest absolute Gasteiger partial charge is 0.269 e. The van der Waals surface area contributed by atoms with E-state index in [1.807, 2.05) is 4.90 Å². The van der Waals surface area contributed by atoms with E-state index in [4.69, 9.17) is 0 Å². The molecule has 0 bridgehead atoms. The molecule has 3 rings (SSSR count). The van der Waals surface area contributed by atoms with Crippen LogP contribution < -0.4 is 5.32 Å². The van der Waals surface area contributed by atoms with Crippen LogP contribution in [0.3, 0.4) is 0 Å². The van der Waals surface area contributed by atoms with Crippen LogP contribution in [-0.4, -0.2) is 65.9 Å². The van der Waals surface area contributed by atoms with E-state index in [-0.39, 0.29) is 11.8 Å². The van der Waals surface area contributed by atoms with E-state index in [1.165, 1.54) is 19.0 Å². The lowest BCUT2D eigenvalue weighted by Crippen LogP contribution is -2.47. The van der Waals surface area contributed by atoms with Crippen molar-refractivity contribution in [1.29, 1.82) is 0 Å². The summed E-state index contributed by atoms with van der Waals surface area (Å²) in [5.41, 5.74) is 0.891. The Balaban J connectivity index is 1.75. The van der Waals surface area contributed by atoms with Gasteiger partial charge in [0.2, 0.25) is 0 Å². The normalized spacial score (nSPS) is 24.9. The molecule has 6 nitrogen and oxygen atoms in total. The summed E-state index contributed by atoms with van der Waals surface area (Å²) >= 11 is 0. The first-order valence-corrected chi connectivity index (χ1v) is 8.31. The maximum Gasteiger partial charge on any atom is 0.269 e. The second-order valence-electron chi connectivity index (χ2n) is 6.41. The minimum atomic E-state index is -0.240. The molecule has 1 N–H and O–H groups in total. The van der Waals surface area contributed by atoms with Gasteiger partial charge in [-0.2, -0.15) is 0 Å². The summed E-state index contributed by atoms with van der Waals surface area (Å²) in [6.07, 6.45) is 6.02. The number of hydrogen-bond donors (Lipinski definition) is 1. The van der Waals surface area contributed by atoms with E-state index in [1.54, 1.807) is 19.2 Å². The van der Waals surface area contributed by atoms with Gasteiger partial charge in [0.15, 0.2) is 0 Å². The average Bonchev–Trinajstić information content (AvgIpc) is 3.21. The topological polar surface area (TPSA) is 65.5 Å². The zero-order valence-electron chi connectivity index (χ0n) is 13.8. The molecule has 1 aromatic rings. The van der Waals surface area contributed by atoms with Gasteiger partial charge >= 0.3 is 0 Å². The third-order valence-electron chi connectivity index (χ3n) is 5.05. The van der Waals surface area contributed by atoms with Crippen molar-refractivity contribution < 1.29 is 9.59 Å². The number of hydrogen-bond acceptors (Lipinski definition) is 4. The van der Waals surface area contributed by atoms with Crippen LogP contribution >= 0.6 is 0 Å². The third-order valence-corrected chi connectivity index (χ3v) is 5.05. The van der Waals surface area contributed by atoms with Crippen molar-refractivity contribution in [1.82, 2.24) is 20.1 Å². The van der Waals surface area contributed by atoms with Gasteiger partial charge < -0.3 is 15.1 Å². The molecule has 124 valence electrons. The Morgan fingerprint density at radius 1 is 1.17 bits per heavy atom. The Morgan fingerprint density at radius 3 is 2.52 bits per heavy atom. The highest BCUT2D eigenvalue weighted by molar-refractivity contribution is 5.96. The van der Waals surface area contributed by atoms with Gasteiger partial charge in [-0.3, -0.25) is 14.6 Å². The van der Waals surface area contributed by atoms with E-state index < -0.39 is 0 Å². The number of pyridine rings is 1. The van der Waals surface area contributed by atoms with Crippen LogP contribution in [0.1, 0.15) is 46.5 Å². The zero-order valence-corrected chi connectivity index (χ0v) is 13.8. The van der Waals surface area contributed by atoms with Gasteiger partial charge in [-0.05, 0) is 51.4 Å². The summed E-state index contributed by atoms with van der Waals surface area (Å²) < 4.78 is 0. The molecule has 0 aliphatic carbocycles. The van der Waals surface area contributed by atoms with Crippen molar-refractivity contribution in [3.63, 3.8) is 0 Å². The summed E-state index contributed by atoms with van der Waals surface area (Å²) in [7, 11) is 3.72. The van der Waals surface area contributed by atoms with Crippen LogP contribution in [0, 0.1) is 0 Å². The van der Waals surface area contributed by atoms with Crippen molar-refractivity contribution in [2.24, 2.45) is 0 Å². The molecule has 2 amide bonds. The standard InChI is InChI=1S/C17H24N4O2/c1-18-16(22)13-8-7-12(11-19-13)17(23)21-10-4-6-15(21)14-5-3-9-20(14)2/h7-8,11,14-15H,3-6,9-10H2,1-2H3,(H,18,22)/t14-,15+/m0/s1. The molecule has 6 heteroatoms. The van der Waals surface area contributed by atoms with E-state index in [9.17, 15) is 9.59 Å². The number of carbonyl (C=O) groups excluding carboxylic acids is 2. The zero-order chi connectivity index (χ0) is 16.4. The summed E-state index contributed by atoms with van der Waals surface area (Å²) in [6.45, 7) is 1.93.